The maximum absolute atomic E-state index is 12.5. The minimum absolute atomic E-state index is 0.000463. The van der Waals surface area contributed by atoms with Crippen LogP contribution < -0.4 is 5.43 Å². The Morgan fingerprint density at radius 2 is 2.17 bits per heavy atom. The Hall–Kier alpha value is -2.36. The zero-order chi connectivity index (χ0) is 12.5. The molecular weight excluding hydrogens is 228 g/mol. The molecule has 18 heavy (non-hydrogen) atoms. The summed E-state index contributed by atoms with van der Waals surface area (Å²) < 4.78 is 0. The fourth-order valence-electron chi connectivity index (χ4n) is 2.25. The number of aromatic nitrogens is 1. The molecule has 0 saturated carbocycles. The normalized spacial score (nSPS) is 15.9. The number of benzene rings is 1. The van der Waals surface area contributed by atoms with E-state index in [4.69, 9.17) is 4.84 Å². The van der Waals surface area contributed by atoms with Crippen LogP contribution in [0.1, 0.15) is 17.7 Å². The fraction of sp³-hybridized carbons (Fsp3) is 0.143. The van der Waals surface area contributed by atoms with Gasteiger partial charge in [-0.15, -0.1) is 0 Å². The summed E-state index contributed by atoms with van der Waals surface area (Å²) in [5.74, 6) is 0. The van der Waals surface area contributed by atoms with Gasteiger partial charge in [0, 0.05) is 17.3 Å². The minimum Gasteiger partial charge on any atom is -0.399 e. The highest BCUT2D eigenvalue weighted by Crippen LogP contribution is 2.18. The molecule has 3 rings (SSSR count). The first-order chi connectivity index (χ1) is 8.81. The molecule has 1 aromatic heterocycles. The number of pyridine rings is 1. The van der Waals surface area contributed by atoms with Crippen molar-refractivity contribution < 1.29 is 4.84 Å². The topological polar surface area (TPSA) is 54.4 Å². The molecular formula is C14H12N2O2. The van der Waals surface area contributed by atoms with Gasteiger partial charge in [-0.1, -0.05) is 23.4 Å². The van der Waals surface area contributed by atoms with E-state index < -0.39 is 0 Å². The van der Waals surface area contributed by atoms with Crippen molar-refractivity contribution in [2.75, 3.05) is 7.11 Å². The number of allylic oxidation sites excluding steroid dienone is 1. The van der Waals surface area contributed by atoms with Crippen LogP contribution >= 0.6 is 0 Å². The number of hydrogen-bond donors (Lipinski definition) is 1. The summed E-state index contributed by atoms with van der Waals surface area (Å²) in [6.07, 6.45) is 4.49. The lowest BCUT2D eigenvalue weighted by Crippen LogP contribution is -2.21. The second-order valence-corrected chi connectivity index (χ2v) is 4.12. The Balaban J connectivity index is 2.40. The Bertz CT molecular complexity index is 726. The number of aromatic amines is 1. The van der Waals surface area contributed by atoms with Crippen molar-refractivity contribution in [1.82, 2.24) is 4.98 Å². The van der Waals surface area contributed by atoms with Crippen molar-refractivity contribution >= 4 is 22.7 Å². The minimum atomic E-state index is -0.000463. The first kappa shape index (κ1) is 10.8. The summed E-state index contributed by atoms with van der Waals surface area (Å²) >= 11 is 0. The molecule has 2 aromatic rings. The lowest BCUT2D eigenvalue weighted by Gasteiger charge is -2.13. The Morgan fingerprint density at radius 1 is 1.33 bits per heavy atom. The third-order valence-electron chi connectivity index (χ3n) is 3.02. The van der Waals surface area contributed by atoms with E-state index in [1.165, 1.54) is 7.11 Å². The molecule has 90 valence electrons. The van der Waals surface area contributed by atoms with Gasteiger partial charge in [-0.05, 0) is 18.2 Å². The highest BCUT2D eigenvalue weighted by Gasteiger charge is 2.18. The van der Waals surface area contributed by atoms with Crippen LogP contribution in [0.5, 0.6) is 0 Å². The van der Waals surface area contributed by atoms with E-state index in [1.54, 1.807) is 0 Å². The highest BCUT2D eigenvalue weighted by molar-refractivity contribution is 6.07. The van der Waals surface area contributed by atoms with Gasteiger partial charge in [0.15, 0.2) is 5.43 Å². The van der Waals surface area contributed by atoms with E-state index in [-0.39, 0.29) is 5.43 Å². The predicted octanol–water partition coefficient (Wildman–Crippen LogP) is 2.30. The zero-order valence-corrected chi connectivity index (χ0v) is 9.93. The van der Waals surface area contributed by atoms with Crippen LogP contribution in [0.15, 0.2) is 40.3 Å². The second-order valence-electron chi connectivity index (χ2n) is 4.12. The van der Waals surface area contributed by atoms with Crippen LogP contribution in [0, 0.1) is 0 Å². The summed E-state index contributed by atoms with van der Waals surface area (Å²) in [4.78, 5) is 20.5. The van der Waals surface area contributed by atoms with Crippen LogP contribution in [0.3, 0.4) is 0 Å². The number of nitrogens with zero attached hydrogens (tertiary/aromatic N) is 1. The molecule has 1 heterocycles. The number of fused-ring (bicyclic) bond motifs is 2. The van der Waals surface area contributed by atoms with Crippen molar-refractivity contribution in [3.8, 4) is 0 Å². The molecule has 0 spiro atoms. The molecule has 4 heteroatoms. The smallest absolute Gasteiger partial charge is 0.199 e. The molecule has 0 bridgehead atoms. The van der Waals surface area contributed by atoms with Crippen molar-refractivity contribution in [1.29, 1.82) is 0 Å². The number of rotatable bonds is 1. The maximum atomic E-state index is 12.5. The van der Waals surface area contributed by atoms with E-state index in [1.807, 2.05) is 36.4 Å². The Labute approximate surface area is 104 Å². The molecule has 0 fully saturated rings. The quantitative estimate of drug-likeness (QED) is 0.777. The van der Waals surface area contributed by atoms with Gasteiger partial charge in [0.1, 0.15) is 7.11 Å². The predicted molar refractivity (Wildman–Crippen MR) is 71.8 cm³/mol. The largest absolute Gasteiger partial charge is 0.399 e. The summed E-state index contributed by atoms with van der Waals surface area (Å²) in [5, 5.41) is 4.61. The van der Waals surface area contributed by atoms with E-state index >= 15 is 0 Å². The lowest BCUT2D eigenvalue weighted by atomic mass is 9.97. The number of oxime groups is 1. The third kappa shape index (κ3) is 1.54. The first-order valence-corrected chi connectivity index (χ1v) is 5.73. The second kappa shape index (κ2) is 4.14. The van der Waals surface area contributed by atoms with E-state index in [0.717, 1.165) is 11.2 Å². The Morgan fingerprint density at radius 3 is 3.00 bits per heavy atom. The van der Waals surface area contributed by atoms with Crippen molar-refractivity contribution in [3.05, 3.63) is 51.8 Å². The van der Waals surface area contributed by atoms with Crippen LogP contribution in [0.2, 0.25) is 0 Å². The standard InChI is InChI=1S/C14H12N2O2/c1-18-16-12-8-4-7-11-13(12)14(17)9-5-2-3-6-10(9)15-11/h2-7H,8H2,1H3,(H,15,17). The zero-order valence-electron chi connectivity index (χ0n) is 9.93. The van der Waals surface area contributed by atoms with Crippen molar-refractivity contribution in [2.24, 2.45) is 5.16 Å². The molecule has 1 aliphatic rings. The van der Waals surface area contributed by atoms with Gasteiger partial charge in [0.25, 0.3) is 0 Å². The van der Waals surface area contributed by atoms with Gasteiger partial charge in [-0.3, -0.25) is 4.79 Å². The fourth-order valence-corrected chi connectivity index (χ4v) is 2.25. The SMILES string of the molecule is CON=C1CC=Cc2[nH]c3ccccc3c(=O)c21. The maximum Gasteiger partial charge on any atom is 0.199 e. The average molecular weight is 240 g/mol. The number of hydrogen-bond acceptors (Lipinski definition) is 3. The van der Waals surface area contributed by atoms with Crippen LogP contribution in [-0.2, 0) is 4.84 Å². The van der Waals surface area contributed by atoms with Crippen molar-refractivity contribution in [2.45, 2.75) is 6.42 Å². The number of nitrogens with one attached hydrogen (secondary N) is 1. The highest BCUT2D eigenvalue weighted by atomic mass is 16.6. The van der Waals surface area contributed by atoms with Crippen LogP contribution in [-0.4, -0.2) is 17.8 Å². The number of para-hydroxylation sites is 1. The van der Waals surface area contributed by atoms with Gasteiger partial charge in [0.05, 0.1) is 17.0 Å². The van der Waals surface area contributed by atoms with Gasteiger partial charge in [-0.25, -0.2) is 0 Å². The van der Waals surface area contributed by atoms with E-state index in [0.29, 0.717) is 23.1 Å². The van der Waals surface area contributed by atoms with Crippen molar-refractivity contribution in [3.63, 3.8) is 0 Å². The lowest BCUT2D eigenvalue weighted by molar-refractivity contribution is 0.213. The molecule has 0 unspecified atom stereocenters. The molecule has 1 N–H and O–H groups in total. The monoisotopic (exact) mass is 240 g/mol. The summed E-state index contributed by atoms with van der Waals surface area (Å²) in [7, 11) is 1.49. The molecule has 4 nitrogen and oxygen atoms in total. The van der Waals surface area contributed by atoms with Gasteiger partial charge < -0.3 is 9.82 Å². The third-order valence-corrected chi connectivity index (χ3v) is 3.02. The summed E-state index contributed by atoms with van der Waals surface area (Å²) in [6.45, 7) is 0. The number of H-pyrrole nitrogens is 1. The average Bonchev–Trinajstić information content (AvgIpc) is 2.39. The van der Waals surface area contributed by atoms with Gasteiger partial charge in [0.2, 0.25) is 0 Å². The molecule has 0 saturated heterocycles. The van der Waals surface area contributed by atoms with E-state index in [2.05, 4.69) is 10.1 Å². The molecule has 1 aromatic carbocycles. The molecule has 0 amide bonds. The van der Waals surface area contributed by atoms with Gasteiger partial charge >= 0.3 is 0 Å². The van der Waals surface area contributed by atoms with Crippen LogP contribution in [0.4, 0.5) is 0 Å². The molecule has 0 radical (unpaired) electrons. The van der Waals surface area contributed by atoms with Gasteiger partial charge in [-0.2, -0.15) is 0 Å². The van der Waals surface area contributed by atoms with E-state index in [9.17, 15) is 4.79 Å². The molecule has 0 aliphatic heterocycles. The Kier molecular flexibility index (Phi) is 2.48. The molecule has 0 atom stereocenters. The molecule has 1 aliphatic carbocycles. The van der Waals surface area contributed by atoms with Crippen LogP contribution in [0.25, 0.3) is 17.0 Å². The summed E-state index contributed by atoms with van der Waals surface area (Å²) in [6, 6.07) is 7.47. The summed E-state index contributed by atoms with van der Waals surface area (Å²) in [5.41, 5.74) is 2.91. The first-order valence-electron chi connectivity index (χ1n) is 5.73.